The second kappa shape index (κ2) is 12.3. The van der Waals surface area contributed by atoms with Crippen LogP contribution in [0.1, 0.15) is 27.7 Å². The predicted octanol–water partition coefficient (Wildman–Crippen LogP) is 1.53. The van der Waals surface area contributed by atoms with Crippen LogP contribution < -0.4 is 5.32 Å². The maximum atomic E-state index is 11.5. The van der Waals surface area contributed by atoms with Crippen molar-refractivity contribution in [3.8, 4) is 0 Å². The minimum atomic E-state index is -0.297. The van der Waals surface area contributed by atoms with Crippen LogP contribution in [-0.2, 0) is 9.47 Å². The van der Waals surface area contributed by atoms with E-state index >= 15 is 0 Å². The molecule has 0 saturated carbocycles. The third kappa shape index (κ3) is 8.39. The Hall–Kier alpha value is -1.50. The number of hydrogen-bond donors (Lipinski definition) is 1. The van der Waals surface area contributed by atoms with E-state index in [1.807, 2.05) is 27.7 Å². The zero-order chi connectivity index (χ0) is 16.1. The molecule has 0 aromatic carbocycles. The van der Waals surface area contributed by atoms with Crippen molar-refractivity contribution in [1.29, 1.82) is 0 Å². The zero-order valence-electron chi connectivity index (χ0n) is 13.7. The van der Waals surface area contributed by atoms with Gasteiger partial charge in [-0.25, -0.2) is 9.59 Å². The molecule has 0 aliphatic heterocycles. The molecule has 0 bridgehead atoms. The molecule has 0 fully saturated rings. The summed E-state index contributed by atoms with van der Waals surface area (Å²) in [6.07, 6.45) is -0.593. The molecule has 0 aromatic heterocycles. The summed E-state index contributed by atoms with van der Waals surface area (Å²) in [6, 6.07) is 0. The van der Waals surface area contributed by atoms with E-state index in [1.54, 1.807) is 9.80 Å². The Kier molecular flexibility index (Phi) is 11.4. The number of ether oxygens (including phenoxy) is 2. The van der Waals surface area contributed by atoms with Gasteiger partial charge < -0.3 is 24.6 Å². The average Bonchev–Trinajstić information content (AvgIpc) is 2.48. The summed E-state index contributed by atoms with van der Waals surface area (Å²) in [7, 11) is 0. The number of rotatable bonds is 10. The number of carbonyl (C=O) groups is 2. The molecule has 2 amide bonds. The molecule has 0 aliphatic rings. The highest BCUT2D eigenvalue weighted by Gasteiger charge is 2.10. The molecule has 7 heteroatoms. The number of nitrogens with one attached hydrogen (secondary N) is 1. The first-order valence-electron chi connectivity index (χ1n) is 7.64. The van der Waals surface area contributed by atoms with Crippen molar-refractivity contribution in [2.45, 2.75) is 27.7 Å². The van der Waals surface area contributed by atoms with Gasteiger partial charge in [0.2, 0.25) is 0 Å². The quantitative estimate of drug-likeness (QED) is 0.620. The predicted molar refractivity (Wildman–Crippen MR) is 81.4 cm³/mol. The number of nitrogens with zero attached hydrogens (tertiary/aromatic N) is 2. The second-order valence-electron chi connectivity index (χ2n) is 4.32. The van der Waals surface area contributed by atoms with E-state index in [0.29, 0.717) is 52.5 Å². The molecule has 0 atom stereocenters. The lowest BCUT2D eigenvalue weighted by molar-refractivity contribution is 0.101. The van der Waals surface area contributed by atoms with Crippen LogP contribution >= 0.6 is 0 Å². The van der Waals surface area contributed by atoms with Gasteiger partial charge in [-0.2, -0.15) is 0 Å². The van der Waals surface area contributed by atoms with Gasteiger partial charge in [-0.3, -0.25) is 0 Å². The Morgan fingerprint density at radius 1 is 0.762 bits per heavy atom. The molecule has 21 heavy (non-hydrogen) atoms. The summed E-state index contributed by atoms with van der Waals surface area (Å²) in [4.78, 5) is 26.3. The molecule has 0 radical (unpaired) electrons. The Labute approximate surface area is 127 Å². The summed E-state index contributed by atoms with van der Waals surface area (Å²) < 4.78 is 10.2. The lowest BCUT2D eigenvalue weighted by Crippen LogP contribution is -2.34. The van der Waals surface area contributed by atoms with E-state index in [4.69, 9.17) is 9.47 Å². The summed E-state index contributed by atoms with van der Waals surface area (Å²) in [5.74, 6) is 0. The maximum absolute atomic E-state index is 11.5. The minimum absolute atomic E-state index is 0.297. The summed E-state index contributed by atoms with van der Waals surface area (Å²) >= 11 is 0. The van der Waals surface area contributed by atoms with E-state index in [1.165, 1.54) is 0 Å². The Bertz CT molecular complexity index is 264. The molecule has 1 N–H and O–H groups in total. The van der Waals surface area contributed by atoms with Crippen LogP contribution in [0.5, 0.6) is 0 Å². The molecule has 0 unspecified atom stereocenters. The zero-order valence-corrected chi connectivity index (χ0v) is 13.7. The van der Waals surface area contributed by atoms with Gasteiger partial charge in [0.1, 0.15) is 13.2 Å². The van der Waals surface area contributed by atoms with Crippen molar-refractivity contribution in [2.75, 3.05) is 52.5 Å². The summed E-state index contributed by atoms with van der Waals surface area (Å²) in [5.41, 5.74) is 0. The highest BCUT2D eigenvalue weighted by atomic mass is 16.6. The van der Waals surface area contributed by atoms with Crippen molar-refractivity contribution in [3.63, 3.8) is 0 Å². The number of carbonyl (C=O) groups excluding carboxylic acids is 2. The van der Waals surface area contributed by atoms with Gasteiger partial charge in [-0.05, 0) is 27.7 Å². The first-order valence-corrected chi connectivity index (χ1v) is 7.64. The summed E-state index contributed by atoms with van der Waals surface area (Å²) in [5, 5.41) is 3.05. The van der Waals surface area contributed by atoms with E-state index < -0.39 is 0 Å². The van der Waals surface area contributed by atoms with Crippen molar-refractivity contribution in [3.05, 3.63) is 0 Å². The number of amides is 2. The highest BCUT2D eigenvalue weighted by Crippen LogP contribution is 1.93. The van der Waals surface area contributed by atoms with Crippen molar-refractivity contribution in [2.24, 2.45) is 0 Å². The topological polar surface area (TPSA) is 71.1 Å². The van der Waals surface area contributed by atoms with E-state index in [0.717, 1.165) is 0 Å². The fraction of sp³-hybridized carbons (Fsp3) is 0.857. The van der Waals surface area contributed by atoms with Gasteiger partial charge in [0.25, 0.3) is 0 Å². The minimum Gasteiger partial charge on any atom is -0.448 e. The molecule has 7 nitrogen and oxygen atoms in total. The third-order valence-corrected chi connectivity index (χ3v) is 3.05. The fourth-order valence-electron chi connectivity index (χ4n) is 1.69. The Morgan fingerprint density at radius 3 is 1.38 bits per heavy atom. The molecule has 124 valence electrons. The molecule has 0 aromatic rings. The van der Waals surface area contributed by atoms with Gasteiger partial charge in [0.15, 0.2) is 0 Å². The first kappa shape index (κ1) is 19.5. The second-order valence-corrected chi connectivity index (χ2v) is 4.32. The third-order valence-electron chi connectivity index (χ3n) is 3.05. The van der Waals surface area contributed by atoms with Crippen molar-refractivity contribution in [1.82, 2.24) is 15.1 Å². The highest BCUT2D eigenvalue weighted by molar-refractivity contribution is 5.67. The average molecular weight is 303 g/mol. The lowest BCUT2D eigenvalue weighted by Gasteiger charge is -2.18. The van der Waals surface area contributed by atoms with Crippen LogP contribution in [0.4, 0.5) is 9.59 Å². The molecule has 0 heterocycles. The van der Waals surface area contributed by atoms with Crippen LogP contribution in [0.2, 0.25) is 0 Å². The smallest absolute Gasteiger partial charge is 0.409 e. The molecule has 0 saturated heterocycles. The summed E-state index contributed by atoms with van der Waals surface area (Å²) in [6.45, 7) is 11.9. The monoisotopic (exact) mass is 303 g/mol. The van der Waals surface area contributed by atoms with Gasteiger partial charge in [0.05, 0.1) is 0 Å². The maximum Gasteiger partial charge on any atom is 0.409 e. The fourth-order valence-corrected chi connectivity index (χ4v) is 1.69. The van der Waals surface area contributed by atoms with Crippen LogP contribution in [0.3, 0.4) is 0 Å². The van der Waals surface area contributed by atoms with E-state index in [-0.39, 0.29) is 12.2 Å². The molecule has 0 aliphatic carbocycles. The molecule has 0 spiro atoms. The van der Waals surface area contributed by atoms with Gasteiger partial charge in [-0.15, -0.1) is 0 Å². The first-order chi connectivity index (χ1) is 10.1. The van der Waals surface area contributed by atoms with Crippen LogP contribution in [0.15, 0.2) is 0 Å². The normalized spacial score (nSPS) is 10.1. The Balaban J connectivity index is 3.57. The molecular formula is C14H29N3O4. The van der Waals surface area contributed by atoms with Gasteiger partial charge in [0, 0.05) is 39.3 Å². The van der Waals surface area contributed by atoms with E-state index in [9.17, 15) is 9.59 Å². The van der Waals surface area contributed by atoms with Gasteiger partial charge >= 0.3 is 12.2 Å². The molecular weight excluding hydrogens is 274 g/mol. The van der Waals surface area contributed by atoms with Crippen molar-refractivity contribution >= 4 is 12.2 Å². The van der Waals surface area contributed by atoms with E-state index in [2.05, 4.69) is 5.32 Å². The standard InChI is InChI=1S/C14H29N3O4/c1-5-16(6-2)13(18)20-11-9-15-10-12-21-14(19)17(7-3)8-4/h15H,5-12H2,1-4H3. The van der Waals surface area contributed by atoms with Crippen LogP contribution in [0, 0.1) is 0 Å². The van der Waals surface area contributed by atoms with Gasteiger partial charge in [-0.1, -0.05) is 0 Å². The molecule has 0 rings (SSSR count). The SMILES string of the molecule is CCN(CC)C(=O)OCCNCCOC(=O)N(CC)CC. The number of hydrogen-bond acceptors (Lipinski definition) is 5. The lowest BCUT2D eigenvalue weighted by atomic mass is 10.5. The van der Waals surface area contributed by atoms with Crippen LogP contribution in [0.25, 0.3) is 0 Å². The van der Waals surface area contributed by atoms with Crippen LogP contribution in [-0.4, -0.2) is 74.5 Å². The van der Waals surface area contributed by atoms with Crippen molar-refractivity contribution < 1.29 is 19.1 Å². The Morgan fingerprint density at radius 2 is 1.10 bits per heavy atom. The largest absolute Gasteiger partial charge is 0.448 e.